The third kappa shape index (κ3) is 2.34. The van der Waals surface area contributed by atoms with E-state index in [1.54, 1.807) is 19.4 Å². The maximum atomic E-state index is 11.9. The molecule has 0 aliphatic heterocycles. The molecule has 1 N–H and O–H groups in total. The van der Waals surface area contributed by atoms with Gasteiger partial charge >= 0.3 is 11.7 Å². The van der Waals surface area contributed by atoms with Gasteiger partial charge in [-0.3, -0.25) is 9.36 Å². The van der Waals surface area contributed by atoms with Crippen LogP contribution in [0.25, 0.3) is 5.69 Å². The summed E-state index contributed by atoms with van der Waals surface area (Å²) >= 11 is 0. The SMILES string of the molecule is Cn1ccn(-c2ccccc2CCC(=O)O)c1=O. The molecule has 0 saturated heterocycles. The number of nitrogens with zero attached hydrogens (tertiary/aromatic N) is 2. The Morgan fingerprint density at radius 2 is 2.00 bits per heavy atom. The second kappa shape index (κ2) is 4.91. The molecule has 5 heteroatoms. The Hall–Kier alpha value is -2.30. The predicted octanol–water partition coefficient (Wildman–Crippen LogP) is 1.19. The van der Waals surface area contributed by atoms with E-state index in [1.807, 2.05) is 24.3 Å². The summed E-state index contributed by atoms with van der Waals surface area (Å²) < 4.78 is 3.01. The van der Waals surface area contributed by atoms with Crippen LogP contribution in [0.4, 0.5) is 0 Å². The van der Waals surface area contributed by atoms with E-state index in [4.69, 9.17) is 5.11 Å². The first-order chi connectivity index (χ1) is 8.59. The van der Waals surface area contributed by atoms with Gasteiger partial charge in [-0.05, 0) is 18.1 Å². The van der Waals surface area contributed by atoms with Gasteiger partial charge in [-0.15, -0.1) is 0 Å². The molecule has 0 aliphatic rings. The van der Waals surface area contributed by atoms with Crippen LogP contribution in [0.1, 0.15) is 12.0 Å². The first-order valence-electron chi connectivity index (χ1n) is 5.63. The molecule has 1 aromatic carbocycles. The van der Waals surface area contributed by atoms with E-state index in [1.165, 1.54) is 9.13 Å². The number of hydrogen-bond acceptors (Lipinski definition) is 2. The lowest BCUT2D eigenvalue weighted by Gasteiger charge is -2.08. The molecule has 0 atom stereocenters. The summed E-state index contributed by atoms with van der Waals surface area (Å²) in [5.41, 5.74) is 1.45. The van der Waals surface area contributed by atoms with Crippen LogP contribution in [0, 0.1) is 0 Å². The minimum Gasteiger partial charge on any atom is -0.481 e. The highest BCUT2D eigenvalue weighted by Gasteiger charge is 2.08. The third-order valence-corrected chi connectivity index (χ3v) is 2.81. The van der Waals surface area contributed by atoms with Crippen molar-refractivity contribution in [2.45, 2.75) is 12.8 Å². The molecule has 0 bridgehead atoms. The molecule has 5 nitrogen and oxygen atoms in total. The van der Waals surface area contributed by atoms with Crippen molar-refractivity contribution < 1.29 is 9.90 Å². The summed E-state index contributed by atoms with van der Waals surface area (Å²) in [6.45, 7) is 0. The summed E-state index contributed by atoms with van der Waals surface area (Å²) in [5.74, 6) is -0.842. The molecule has 94 valence electrons. The van der Waals surface area contributed by atoms with Gasteiger partial charge < -0.3 is 9.67 Å². The van der Waals surface area contributed by atoms with E-state index in [9.17, 15) is 9.59 Å². The molecule has 1 aromatic heterocycles. The molecular weight excluding hydrogens is 232 g/mol. The summed E-state index contributed by atoms with van der Waals surface area (Å²) in [7, 11) is 1.68. The van der Waals surface area contributed by atoms with Crippen LogP contribution in [0.15, 0.2) is 41.5 Å². The van der Waals surface area contributed by atoms with Crippen molar-refractivity contribution in [3.05, 3.63) is 52.7 Å². The molecule has 0 unspecified atom stereocenters. The van der Waals surface area contributed by atoms with Gasteiger partial charge in [0.15, 0.2) is 0 Å². The molecule has 0 spiro atoms. The zero-order valence-electron chi connectivity index (χ0n) is 10.0. The zero-order valence-corrected chi connectivity index (χ0v) is 10.0. The quantitative estimate of drug-likeness (QED) is 0.881. The minimum absolute atomic E-state index is 0.0542. The number of imidazole rings is 1. The van der Waals surface area contributed by atoms with E-state index >= 15 is 0 Å². The number of aliphatic carboxylic acids is 1. The number of hydrogen-bond donors (Lipinski definition) is 1. The average molecular weight is 246 g/mol. The average Bonchev–Trinajstić information content (AvgIpc) is 2.68. The monoisotopic (exact) mass is 246 g/mol. The highest BCUT2D eigenvalue weighted by molar-refractivity contribution is 5.67. The van der Waals surface area contributed by atoms with Gasteiger partial charge in [0.05, 0.1) is 5.69 Å². The van der Waals surface area contributed by atoms with Gasteiger partial charge in [-0.2, -0.15) is 0 Å². The maximum absolute atomic E-state index is 11.9. The van der Waals surface area contributed by atoms with Crippen LogP contribution in [-0.4, -0.2) is 20.2 Å². The fourth-order valence-electron chi connectivity index (χ4n) is 1.85. The first kappa shape index (κ1) is 12.2. The second-order valence-corrected chi connectivity index (χ2v) is 4.08. The lowest BCUT2D eigenvalue weighted by atomic mass is 10.1. The Bertz CT molecular complexity index is 625. The summed E-state index contributed by atoms with van der Waals surface area (Å²) in [5, 5.41) is 8.72. The number of carbonyl (C=O) groups is 1. The summed E-state index contributed by atoms with van der Waals surface area (Å²) in [6.07, 6.45) is 3.82. The minimum atomic E-state index is -0.842. The number of para-hydroxylation sites is 1. The first-order valence-corrected chi connectivity index (χ1v) is 5.63. The molecule has 2 rings (SSSR count). The van der Waals surface area contributed by atoms with Gasteiger partial charge in [0.2, 0.25) is 0 Å². The van der Waals surface area contributed by atoms with Crippen molar-refractivity contribution in [1.29, 1.82) is 0 Å². The zero-order chi connectivity index (χ0) is 13.1. The van der Waals surface area contributed by atoms with E-state index < -0.39 is 5.97 Å². The number of carboxylic acid groups (broad SMARTS) is 1. The van der Waals surface area contributed by atoms with E-state index in [-0.39, 0.29) is 12.1 Å². The molecule has 2 aromatic rings. The van der Waals surface area contributed by atoms with E-state index in [2.05, 4.69) is 0 Å². The Kier molecular flexibility index (Phi) is 3.32. The summed E-state index contributed by atoms with van der Waals surface area (Å²) in [4.78, 5) is 22.5. The van der Waals surface area contributed by atoms with Crippen molar-refractivity contribution in [2.24, 2.45) is 7.05 Å². The highest BCUT2D eigenvalue weighted by atomic mass is 16.4. The van der Waals surface area contributed by atoms with Gasteiger partial charge in [-0.1, -0.05) is 18.2 Å². The van der Waals surface area contributed by atoms with Gasteiger partial charge in [0.1, 0.15) is 0 Å². The normalized spacial score (nSPS) is 10.5. The fraction of sp³-hybridized carbons (Fsp3) is 0.231. The molecule has 1 heterocycles. The number of aromatic nitrogens is 2. The number of carboxylic acids is 1. The molecule has 18 heavy (non-hydrogen) atoms. The van der Waals surface area contributed by atoms with Gasteiger partial charge in [0.25, 0.3) is 0 Å². The predicted molar refractivity (Wildman–Crippen MR) is 67.0 cm³/mol. The molecule has 0 amide bonds. The standard InChI is InChI=1S/C13H14N2O3/c1-14-8-9-15(13(14)18)11-5-3-2-4-10(11)6-7-12(16)17/h2-5,8-9H,6-7H2,1H3,(H,16,17). The summed E-state index contributed by atoms with van der Waals surface area (Å²) in [6, 6.07) is 7.34. The topological polar surface area (TPSA) is 64.2 Å². The largest absolute Gasteiger partial charge is 0.481 e. The highest BCUT2D eigenvalue weighted by Crippen LogP contribution is 2.14. The maximum Gasteiger partial charge on any atom is 0.332 e. The number of aryl methyl sites for hydroxylation is 2. The van der Waals surface area contributed by atoms with Crippen molar-refractivity contribution in [3.8, 4) is 5.69 Å². The smallest absolute Gasteiger partial charge is 0.332 e. The van der Waals surface area contributed by atoms with Crippen molar-refractivity contribution >= 4 is 5.97 Å². The molecule has 0 fully saturated rings. The Morgan fingerprint density at radius 3 is 2.61 bits per heavy atom. The lowest BCUT2D eigenvalue weighted by molar-refractivity contribution is -0.136. The second-order valence-electron chi connectivity index (χ2n) is 4.08. The van der Waals surface area contributed by atoms with Crippen molar-refractivity contribution in [1.82, 2.24) is 9.13 Å². The lowest BCUT2D eigenvalue weighted by Crippen LogP contribution is -2.21. The Labute approximate surface area is 104 Å². The third-order valence-electron chi connectivity index (χ3n) is 2.81. The molecule has 0 radical (unpaired) electrons. The van der Waals surface area contributed by atoms with E-state index in [0.29, 0.717) is 6.42 Å². The van der Waals surface area contributed by atoms with Crippen LogP contribution in [0.3, 0.4) is 0 Å². The van der Waals surface area contributed by atoms with Crippen LogP contribution >= 0.6 is 0 Å². The number of benzene rings is 1. The van der Waals surface area contributed by atoms with Crippen LogP contribution in [0.5, 0.6) is 0 Å². The van der Waals surface area contributed by atoms with Gasteiger partial charge in [0, 0.05) is 25.9 Å². The Morgan fingerprint density at radius 1 is 1.28 bits per heavy atom. The van der Waals surface area contributed by atoms with Crippen molar-refractivity contribution in [2.75, 3.05) is 0 Å². The molecular formula is C13H14N2O3. The number of rotatable bonds is 4. The van der Waals surface area contributed by atoms with Crippen molar-refractivity contribution in [3.63, 3.8) is 0 Å². The van der Waals surface area contributed by atoms with Crippen LogP contribution in [-0.2, 0) is 18.3 Å². The van der Waals surface area contributed by atoms with Gasteiger partial charge in [-0.25, -0.2) is 4.79 Å². The molecule has 0 aliphatic carbocycles. The van der Waals surface area contributed by atoms with Crippen LogP contribution < -0.4 is 5.69 Å². The molecule has 0 saturated carbocycles. The van der Waals surface area contributed by atoms with Crippen LogP contribution in [0.2, 0.25) is 0 Å². The van der Waals surface area contributed by atoms with E-state index in [0.717, 1.165) is 11.3 Å². The Balaban J connectivity index is 2.42. The fourth-order valence-corrected chi connectivity index (χ4v) is 1.85.